The average molecular weight is 317 g/mol. The summed E-state index contributed by atoms with van der Waals surface area (Å²) in [5.41, 5.74) is 0.580. The minimum atomic E-state index is -0.374. The lowest BCUT2D eigenvalue weighted by Gasteiger charge is -2.19. The van der Waals surface area contributed by atoms with Gasteiger partial charge in [-0.05, 0) is 31.4 Å². The number of allylic oxidation sites excluding steroid dienone is 2. The third-order valence-corrected chi connectivity index (χ3v) is 3.77. The molecule has 0 spiro atoms. The Morgan fingerprint density at radius 1 is 1.17 bits per heavy atom. The second-order valence-corrected chi connectivity index (χ2v) is 5.50. The molecule has 0 radical (unpaired) electrons. The van der Waals surface area contributed by atoms with E-state index in [0.717, 1.165) is 12.8 Å². The van der Waals surface area contributed by atoms with E-state index in [9.17, 15) is 9.59 Å². The van der Waals surface area contributed by atoms with Crippen molar-refractivity contribution >= 4 is 17.6 Å². The van der Waals surface area contributed by atoms with Crippen LogP contribution in [0.4, 0.5) is 5.69 Å². The minimum absolute atomic E-state index is 0.137. The largest absolute Gasteiger partial charge is 0.486 e. The number of carbonyl (C=O) groups is 2. The number of ether oxygens (including phenoxy) is 3. The lowest BCUT2D eigenvalue weighted by molar-refractivity contribution is -0.151. The molecular weight excluding hydrogens is 298 g/mol. The van der Waals surface area contributed by atoms with E-state index in [0.29, 0.717) is 36.8 Å². The van der Waals surface area contributed by atoms with Gasteiger partial charge in [-0.15, -0.1) is 0 Å². The van der Waals surface area contributed by atoms with E-state index >= 15 is 0 Å². The number of anilines is 1. The minimum Gasteiger partial charge on any atom is -0.486 e. The van der Waals surface area contributed by atoms with Crippen LogP contribution >= 0.6 is 0 Å². The third-order valence-electron chi connectivity index (χ3n) is 3.77. The molecule has 0 aromatic heterocycles. The van der Waals surface area contributed by atoms with Crippen molar-refractivity contribution < 1.29 is 23.8 Å². The number of nitrogens with one attached hydrogen (secondary N) is 1. The predicted octanol–water partition coefficient (Wildman–Crippen LogP) is 2.30. The van der Waals surface area contributed by atoms with Crippen molar-refractivity contribution in [2.75, 3.05) is 25.1 Å². The molecule has 1 aromatic carbocycles. The number of hydrogen-bond acceptors (Lipinski definition) is 5. The average Bonchev–Trinajstić information content (AvgIpc) is 2.60. The maximum absolute atomic E-state index is 11.9. The Kier molecular flexibility index (Phi) is 4.80. The summed E-state index contributed by atoms with van der Waals surface area (Å²) >= 11 is 0. The Morgan fingerprint density at radius 3 is 2.78 bits per heavy atom. The van der Waals surface area contributed by atoms with E-state index in [-0.39, 0.29) is 24.4 Å². The van der Waals surface area contributed by atoms with Crippen LogP contribution < -0.4 is 14.8 Å². The standard InChI is InChI=1S/C17H19NO5/c19-16(11-23-17(20)12-4-2-1-3-5-12)18-13-6-7-14-15(10-13)22-9-8-21-14/h1-2,6-7,10,12H,3-5,8-9,11H2,(H,18,19)/t12-/m0/s1. The molecule has 1 amide bonds. The van der Waals surface area contributed by atoms with Crippen molar-refractivity contribution in [2.24, 2.45) is 5.92 Å². The number of carbonyl (C=O) groups excluding carboxylic acids is 2. The fourth-order valence-electron chi connectivity index (χ4n) is 2.58. The van der Waals surface area contributed by atoms with Gasteiger partial charge in [0.2, 0.25) is 0 Å². The fourth-order valence-corrected chi connectivity index (χ4v) is 2.58. The van der Waals surface area contributed by atoms with Crippen LogP contribution in [0, 0.1) is 5.92 Å². The number of rotatable bonds is 4. The zero-order valence-electron chi connectivity index (χ0n) is 12.7. The van der Waals surface area contributed by atoms with E-state index < -0.39 is 0 Å². The second kappa shape index (κ2) is 7.17. The van der Waals surface area contributed by atoms with Gasteiger partial charge in [-0.25, -0.2) is 0 Å². The van der Waals surface area contributed by atoms with Crippen molar-refractivity contribution in [1.29, 1.82) is 0 Å². The molecule has 0 bridgehead atoms. The molecule has 0 fully saturated rings. The van der Waals surface area contributed by atoms with Crippen LogP contribution in [0.1, 0.15) is 19.3 Å². The van der Waals surface area contributed by atoms with Gasteiger partial charge in [-0.2, -0.15) is 0 Å². The predicted molar refractivity (Wildman–Crippen MR) is 83.5 cm³/mol. The summed E-state index contributed by atoms with van der Waals surface area (Å²) in [7, 11) is 0. The van der Waals surface area contributed by atoms with Crippen LogP contribution in [0.15, 0.2) is 30.4 Å². The maximum atomic E-state index is 11.9. The summed E-state index contributed by atoms with van der Waals surface area (Å²) in [6, 6.07) is 5.16. The van der Waals surface area contributed by atoms with Crippen LogP contribution in [0.5, 0.6) is 11.5 Å². The molecule has 1 aromatic rings. The summed E-state index contributed by atoms with van der Waals surface area (Å²) in [4.78, 5) is 23.8. The molecule has 1 atom stereocenters. The molecule has 6 nitrogen and oxygen atoms in total. The fraction of sp³-hybridized carbons (Fsp3) is 0.412. The van der Waals surface area contributed by atoms with Gasteiger partial charge >= 0.3 is 5.97 Å². The molecule has 1 N–H and O–H groups in total. The molecule has 3 rings (SSSR count). The molecule has 0 saturated heterocycles. The van der Waals surface area contributed by atoms with Gasteiger partial charge in [0, 0.05) is 11.8 Å². The van der Waals surface area contributed by atoms with Crippen molar-refractivity contribution in [1.82, 2.24) is 0 Å². The third kappa shape index (κ3) is 4.03. The van der Waals surface area contributed by atoms with E-state index in [2.05, 4.69) is 11.4 Å². The highest BCUT2D eigenvalue weighted by atomic mass is 16.6. The Bertz CT molecular complexity index is 625. The SMILES string of the molecule is O=C(COC(=O)[C@H]1CC=CCC1)Nc1ccc2c(c1)OCCO2. The Balaban J connectivity index is 1.49. The number of amides is 1. The summed E-state index contributed by atoms with van der Waals surface area (Å²) < 4.78 is 16.0. The normalized spacial score (nSPS) is 19.0. The van der Waals surface area contributed by atoms with Crippen molar-refractivity contribution in [3.8, 4) is 11.5 Å². The Hall–Kier alpha value is -2.50. The lowest BCUT2D eigenvalue weighted by Crippen LogP contribution is -2.25. The van der Waals surface area contributed by atoms with Crippen LogP contribution in [0.2, 0.25) is 0 Å². The zero-order chi connectivity index (χ0) is 16.1. The van der Waals surface area contributed by atoms with Crippen LogP contribution in [0.25, 0.3) is 0 Å². The van der Waals surface area contributed by atoms with E-state index in [4.69, 9.17) is 14.2 Å². The Labute approximate surface area is 134 Å². The maximum Gasteiger partial charge on any atom is 0.309 e. The summed E-state index contributed by atoms with van der Waals surface area (Å²) in [6.07, 6.45) is 6.37. The van der Waals surface area contributed by atoms with Crippen molar-refractivity contribution in [3.63, 3.8) is 0 Å². The molecule has 1 heterocycles. The van der Waals surface area contributed by atoms with Crippen LogP contribution in [-0.2, 0) is 14.3 Å². The van der Waals surface area contributed by atoms with Crippen LogP contribution in [0.3, 0.4) is 0 Å². The molecule has 23 heavy (non-hydrogen) atoms. The Morgan fingerprint density at radius 2 is 2.00 bits per heavy atom. The van der Waals surface area contributed by atoms with Crippen molar-refractivity contribution in [3.05, 3.63) is 30.4 Å². The first-order valence-electron chi connectivity index (χ1n) is 7.73. The number of esters is 1. The highest BCUT2D eigenvalue weighted by Gasteiger charge is 2.21. The number of hydrogen-bond donors (Lipinski definition) is 1. The number of benzene rings is 1. The molecule has 0 unspecified atom stereocenters. The second-order valence-electron chi connectivity index (χ2n) is 5.50. The van der Waals surface area contributed by atoms with Gasteiger partial charge in [0.1, 0.15) is 13.2 Å². The zero-order valence-corrected chi connectivity index (χ0v) is 12.7. The summed E-state index contributed by atoms with van der Waals surface area (Å²) in [6.45, 7) is 0.719. The van der Waals surface area contributed by atoms with Gasteiger partial charge in [-0.1, -0.05) is 12.2 Å². The van der Waals surface area contributed by atoms with Crippen molar-refractivity contribution in [2.45, 2.75) is 19.3 Å². The van der Waals surface area contributed by atoms with Gasteiger partial charge in [0.15, 0.2) is 18.1 Å². The first-order valence-corrected chi connectivity index (χ1v) is 7.73. The molecule has 1 aliphatic heterocycles. The molecule has 122 valence electrons. The molecule has 0 saturated carbocycles. The molecule has 1 aliphatic carbocycles. The van der Waals surface area contributed by atoms with Crippen LogP contribution in [-0.4, -0.2) is 31.7 Å². The topological polar surface area (TPSA) is 73.9 Å². The monoisotopic (exact) mass is 317 g/mol. The molecule has 2 aliphatic rings. The van der Waals surface area contributed by atoms with E-state index in [1.165, 1.54) is 0 Å². The first-order chi connectivity index (χ1) is 11.2. The lowest BCUT2D eigenvalue weighted by atomic mass is 9.95. The first kappa shape index (κ1) is 15.4. The van der Waals surface area contributed by atoms with Gasteiger partial charge < -0.3 is 19.5 Å². The van der Waals surface area contributed by atoms with E-state index in [1.54, 1.807) is 18.2 Å². The van der Waals surface area contributed by atoms with Gasteiger partial charge in [0.25, 0.3) is 5.91 Å². The van der Waals surface area contributed by atoms with Gasteiger partial charge in [-0.3, -0.25) is 9.59 Å². The highest BCUT2D eigenvalue weighted by Crippen LogP contribution is 2.32. The van der Waals surface area contributed by atoms with E-state index in [1.807, 2.05) is 6.08 Å². The van der Waals surface area contributed by atoms with Gasteiger partial charge in [0.05, 0.1) is 5.92 Å². The highest BCUT2D eigenvalue weighted by molar-refractivity contribution is 5.93. The quantitative estimate of drug-likeness (QED) is 0.681. The molecule has 6 heteroatoms. The molecular formula is C17H19NO5. The number of fused-ring (bicyclic) bond motifs is 1. The summed E-state index contributed by atoms with van der Waals surface area (Å²) in [5, 5.41) is 2.68. The summed E-state index contributed by atoms with van der Waals surface area (Å²) in [5.74, 6) is 0.432. The smallest absolute Gasteiger partial charge is 0.309 e.